The van der Waals surface area contributed by atoms with E-state index in [4.69, 9.17) is 16.3 Å². The first-order valence-electron chi connectivity index (χ1n) is 5.63. The second kappa shape index (κ2) is 6.33. The fourth-order valence-corrected chi connectivity index (χ4v) is 1.60. The molecule has 0 saturated heterocycles. The number of nitrogens with zero attached hydrogens (tertiary/aromatic N) is 1. The molecule has 0 aliphatic rings. The van der Waals surface area contributed by atoms with Crippen LogP contribution in [0.25, 0.3) is 0 Å². The standard InChI is InChI=1S/C12H10ClF2N3O2/c13-11-9(6-17-18-12(11)19)16-3-4-20-10-2-1-7(14)5-8(10)15/h1-2,5-6H,3-4H2,(H2,16,18,19). The van der Waals surface area contributed by atoms with Crippen molar-refractivity contribution < 1.29 is 13.5 Å². The van der Waals surface area contributed by atoms with Crippen LogP contribution in [0.4, 0.5) is 14.5 Å². The van der Waals surface area contributed by atoms with Gasteiger partial charge in [0.2, 0.25) is 0 Å². The summed E-state index contributed by atoms with van der Waals surface area (Å²) in [5.74, 6) is -1.50. The molecular weight excluding hydrogens is 292 g/mol. The van der Waals surface area contributed by atoms with Gasteiger partial charge in [0.25, 0.3) is 5.56 Å². The zero-order chi connectivity index (χ0) is 14.5. The Labute approximate surface area is 117 Å². The van der Waals surface area contributed by atoms with Gasteiger partial charge >= 0.3 is 0 Å². The monoisotopic (exact) mass is 301 g/mol. The van der Waals surface area contributed by atoms with E-state index >= 15 is 0 Å². The summed E-state index contributed by atoms with van der Waals surface area (Å²) in [7, 11) is 0. The van der Waals surface area contributed by atoms with Gasteiger partial charge in [0.1, 0.15) is 17.4 Å². The molecule has 0 aliphatic carbocycles. The van der Waals surface area contributed by atoms with Gasteiger partial charge in [-0.1, -0.05) is 11.6 Å². The molecule has 20 heavy (non-hydrogen) atoms. The Morgan fingerprint density at radius 3 is 2.95 bits per heavy atom. The molecule has 2 N–H and O–H groups in total. The Kier molecular flexibility index (Phi) is 4.52. The lowest BCUT2D eigenvalue weighted by Gasteiger charge is -2.09. The third-order valence-electron chi connectivity index (χ3n) is 2.36. The molecule has 1 aromatic carbocycles. The summed E-state index contributed by atoms with van der Waals surface area (Å²) in [5, 5.41) is 8.55. The van der Waals surface area contributed by atoms with Gasteiger partial charge in [-0.15, -0.1) is 0 Å². The minimum atomic E-state index is -0.777. The average molecular weight is 302 g/mol. The molecule has 0 saturated carbocycles. The second-order valence-electron chi connectivity index (χ2n) is 3.78. The largest absolute Gasteiger partial charge is 0.489 e. The summed E-state index contributed by atoms with van der Waals surface area (Å²) in [6.07, 6.45) is 1.35. The van der Waals surface area contributed by atoms with E-state index in [-0.39, 0.29) is 23.9 Å². The van der Waals surface area contributed by atoms with Crippen LogP contribution in [-0.2, 0) is 0 Å². The highest BCUT2D eigenvalue weighted by molar-refractivity contribution is 6.32. The maximum absolute atomic E-state index is 13.3. The van der Waals surface area contributed by atoms with E-state index in [9.17, 15) is 13.6 Å². The summed E-state index contributed by atoms with van der Waals surface area (Å²) in [5.41, 5.74) is -0.166. The van der Waals surface area contributed by atoms with Crippen LogP contribution in [0.1, 0.15) is 0 Å². The first kappa shape index (κ1) is 14.3. The van der Waals surface area contributed by atoms with Crippen molar-refractivity contribution in [3.63, 3.8) is 0 Å². The highest BCUT2D eigenvalue weighted by Gasteiger charge is 2.06. The molecule has 2 rings (SSSR count). The predicted molar refractivity (Wildman–Crippen MR) is 70.2 cm³/mol. The summed E-state index contributed by atoms with van der Waals surface area (Å²) in [6.45, 7) is 0.368. The van der Waals surface area contributed by atoms with Gasteiger partial charge < -0.3 is 10.1 Å². The fraction of sp³-hybridized carbons (Fsp3) is 0.167. The Morgan fingerprint density at radius 1 is 1.40 bits per heavy atom. The van der Waals surface area contributed by atoms with Gasteiger partial charge in [-0.25, -0.2) is 13.9 Å². The van der Waals surface area contributed by atoms with Crippen LogP contribution in [-0.4, -0.2) is 23.3 Å². The van der Waals surface area contributed by atoms with Crippen molar-refractivity contribution in [3.05, 3.63) is 51.4 Å². The number of hydrogen-bond acceptors (Lipinski definition) is 4. The SMILES string of the molecule is O=c1[nH]ncc(NCCOc2ccc(F)cc2F)c1Cl. The number of anilines is 1. The molecule has 0 radical (unpaired) electrons. The molecule has 1 aromatic heterocycles. The molecule has 0 atom stereocenters. The molecule has 1 heterocycles. The van der Waals surface area contributed by atoms with Crippen molar-refractivity contribution in [1.29, 1.82) is 0 Å². The van der Waals surface area contributed by atoms with Crippen LogP contribution in [0.15, 0.2) is 29.2 Å². The van der Waals surface area contributed by atoms with Crippen LogP contribution in [0.2, 0.25) is 5.02 Å². The number of aromatic nitrogens is 2. The van der Waals surface area contributed by atoms with Gasteiger partial charge in [-0.05, 0) is 12.1 Å². The van der Waals surface area contributed by atoms with Crippen molar-refractivity contribution in [1.82, 2.24) is 10.2 Å². The molecule has 0 bridgehead atoms. The van der Waals surface area contributed by atoms with Crippen molar-refractivity contribution >= 4 is 17.3 Å². The lowest BCUT2D eigenvalue weighted by atomic mass is 10.3. The van der Waals surface area contributed by atoms with Crippen molar-refractivity contribution in [3.8, 4) is 5.75 Å². The van der Waals surface area contributed by atoms with Crippen LogP contribution in [0.5, 0.6) is 5.75 Å². The molecular formula is C12H10ClF2N3O2. The van der Waals surface area contributed by atoms with Crippen LogP contribution in [0, 0.1) is 11.6 Å². The fourth-order valence-electron chi connectivity index (χ4n) is 1.45. The second-order valence-corrected chi connectivity index (χ2v) is 4.15. The predicted octanol–water partition coefficient (Wildman–Crippen LogP) is 2.19. The quantitative estimate of drug-likeness (QED) is 0.831. The molecule has 0 amide bonds. The number of nitrogens with one attached hydrogen (secondary N) is 2. The number of rotatable bonds is 5. The van der Waals surface area contributed by atoms with Gasteiger partial charge in [-0.3, -0.25) is 4.79 Å². The molecule has 8 heteroatoms. The smallest absolute Gasteiger partial charge is 0.285 e. The first-order chi connectivity index (χ1) is 9.58. The summed E-state index contributed by atoms with van der Waals surface area (Å²) < 4.78 is 31.1. The van der Waals surface area contributed by atoms with Crippen LogP contribution < -0.4 is 15.6 Å². The average Bonchev–Trinajstić information content (AvgIpc) is 2.41. The zero-order valence-electron chi connectivity index (χ0n) is 10.1. The lowest BCUT2D eigenvalue weighted by Crippen LogP contribution is -2.16. The van der Waals surface area contributed by atoms with E-state index in [1.165, 1.54) is 12.3 Å². The lowest BCUT2D eigenvalue weighted by molar-refractivity contribution is 0.314. The van der Waals surface area contributed by atoms with E-state index in [0.717, 1.165) is 12.1 Å². The van der Waals surface area contributed by atoms with E-state index in [1.807, 2.05) is 0 Å². The number of ether oxygens (including phenoxy) is 1. The van der Waals surface area contributed by atoms with Crippen LogP contribution >= 0.6 is 11.6 Å². The van der Waals surface area contributed by atoms with Crippen molar-refractivity contribution in [2.45, 2.75) is 0 Å². The van der Waals surface area contributed by atoms with E-state index < -0.39 is 17.2 Å². The molecule has 106 valence electrons. The minimum absolute atomic E-state index is 0.0204. The Morgan fingerprint density at radius 2 is 2.20 bits per heavy atom. The molecule has 0 fully saturated rings. The zero-order valence-corrected chi connectivity index (χ0v) is 10.9. The highest BCUT2D eigenvalue weighted by Crippen LogP contribution is 2.18. The summed E-state index contributed by atoms with van der Waals surface area (Å²) in [4.78, 5) is 11.2. The number of aromatic amines is 1. The summed E-state index contributed by atoms with van der Waals surface area (Å²) >= 11 is 5.74. The van der Waals surface area contributed by atoms with Gasteiger partial charge in [0, 0.05) is 12.6 Å². The Hall–Kier alpha value is -2.15. The first-order valence-corrected chi connectivity index (χ1v) is 6.00. The minimum Gasteiger partial charge on any atom is -0.489 e. The number of benzene rings is 1. The Bertz CT molecular complexity index is 663. The maximum Gasteiger partial charge on any atom is 0.285 e. The Balaban J connectivity index is 1.88. The maximum atomic E-state index is 13.3. The van der Waals surface area contributed by atoms with Gasteiger partial charge in [0.05, 0.1) is 11.9 Å². The summed E-state index contributed by atoms with van der Waals surface area (Å²) in [6, 6.07) is 3.04. The van der Waals surface area contributed by atoms with Crippen molar-refractivity contribution in [2.75, 3.05) is 18.5 Å². The van der Waals surface area contributed by atoms with E-state index in [1.54, 1.807) is 0 Å². The number of hydrogen-bond donors (Lipinski definition) is 2. The van der Waals surface area contributed by atoms with Crippen molar-refractivity contribution in [2.24, 2.45) is 0 Å². The molecule has 0 unspecified atom stereocenters. The molecule has 2 aromatic rings. The van der Waals surface area contributed by atoms with E-state index in [0.29, 0.717) is 5.69 Å². The van der Waals surface area contributed by atoms with Crippen LogP contribution in [0.3, 0.4) is 0 Å². The highest BCUT2D eigenvalue weighted by atomic mass is 35.5. The third-order valence-corrected chi connectivity index (χ3v) is 2.74. The van der Waals surface area contributed by atoms with E-state index in [2.05, 4.69) is 15.5 Å². The number of H-pyrrole nitrogens is 1. The van der Waals surface area contributed by atoms with Gasteiger partial charge in [0.15, 0.2) is 11.6 Å². The number of halogens is 3. The topological polar surface area (TPSA) is 67.0 Å². The normalized spacial score (nSPS) is 10.3. The molecule has 0 spiro atoms. The van der Waals surface area contributed by atoms with Gasteiger partial charge in [-0.2, -0.15) is 5.10 Å². The molecule has 0 aliphatic heterocycles. The molecule has 5 nitrogen and oxygen atoms in total. The third kappa shape index (κ3) is 3.45.